The monoisotopic (exact) mass is 481 g/mol. The molecule has 0 saturated carbocycles. The van der Waals surface area contributed by atoms with Gasteiger partial charge in [0, 0.05) is 38.4 Å². The summed E-state index contributed by atoms with van der Waals surface area (Å²) in [7, 11) is 0. The van der Waals surface area contributed by atoms with Crippen LogP contribution in [0.5, 0.6) is 11.5 Å². The van der Waals surface area contributed by atoms with E-state index in [0.717, 1.165) is 57.0 Å². The van der Waals surface area contributed by atoms with Crippen molar-refractivity contribution in [3.05, 3.63) is 78.1 Å². The van der Waals surface area contributed by atoms with E-state index in [1.54, 1.807) is 18.2 Å². The fraction of sp³-hybridized carbons (Fsp3) is 0.464. The number of benzene rings is 2. The zero-order valence-corrected chi connectivity index (χ0v) is 20.5. The Labute approximate surface area is 207 Å². The molecule has 1 N–H and O–H groups in total. The topological polar surface area (TPSA) is 59.8 Å². The minimum atomic E-state index is -0.950. The molecule has 0 aliphatic carbocycles. The van der Waals surface area contributed by atoms with Gasteiger partial charge in [-0.15, -0.1) is 0 Å². The summed E-state index contributed by atoms with van der Waals surface area (Å²) >= 11 is 0. The average Bonchev–Trinajstić information content (AvgIpc) is 3.24. The van der Waals surface area contributed by atoms with Crippen LogP contribution in [0.1, 0.15) is 44.0 Å². The predicted molar refractivity (Wildman–Crippen MR) is 134 cm³/mol. The Morgan fingerprint density at radius 3 is 2.83 bits per heavy atom. The van der Waals surface area contributed by atoms with Gasteiger partial charge in [-0.3, -0.25) is 4.90 Å². The molecule has 1 aromatic heterocycles. The predicted octanol–water partition coefficient (Wildman–Crippen LogP) is 4.85. The summed E-state index contributed by atoms with van der Waals surface area (Å²) < 4.78 is 27.7. The highest BCUT2D eigenvalue weighted by Crippen LogP contribution is 2.26. The molecule has 0 amide bonds. The van der Waals surface area contributed by atoms with Crippen molar-refractivity contribution in [3.8, 4) is 11.5 Å². The summed E-state index contributed by atoms with van der Waals surface area (Å²) in [6.07, 6.45) is 7.82. The van der Waals surface area contributed by atoms with Gasteiger partial charge >= 0.3 is 0 Å². The van der Waals surface area contributed by atoms with Crippen molar-refractivity contribution in [2.75, 3.05) is 26.3 Å². The Hall–Kier alpha value is -2.90. The van der Waals surface area contributed by atoms with Crippen molar-refractivity contribution in [1.29, 1.82) is 0 Å². The molecule has 3 aromatic rings. The minimum Gasteiger partial charge on any atom is -0.494 e. The van der Waals surface area contributed by atoms with Crippen LogP contribution in [0.4, 0.5) is 4.39 Å². The van der Waals surface area contributed by atoms with E-state index < -0.39 is 11.4 Å². The summed E-state index contributed by atoms with van der Waals surface area (Å²) in [5.41, 5.74) is 0.243. The summed E-state index contributed by atoms with van der Waals surface area (Å²) in [5.74, 6) is 1.78. The number of para-hydroxylation sites is 1. The Balaban J connectivity index is 1.23. The fourth-order valence-corrected chi connectivity index (χ4v) is 4.59. The number of nitrogens with zero attached hydrogens (tertiary/aromatic N) is 3. The van der Waals surface area contributed by atoms with Crippen LogP contribution in [-0.4, -0.2) is 51.5 Å². The third-order valence-corrected chi connectivity index (χ3v) is 6.58. The molecule has 1 saturated heterocycles. The second-order valence-electron chi connectivity index (χ2n) is 9.31. The normalized spacial score (nSPS) is 18.8. The standard InChI is InChI=1S/C28H36FN3O3/c1-2-27-30-14-18-32(27)16-7-19-34-24-9-5-8-23(20-24)21-31-15-6-12-28(33,13-17-31)22-35-26-11-4-3-10-25(26)29/h3-5,8-11,14,18,20,33H,2,6-7,12-13,15-17,19,21-22H2,1H3/t28-/m0/s1. The van der Waals surface area contributed by atoms with Crippen LogP contribution in [0.3, 0.4) is 0 Å². The zero-order valence-electron chi connectivity index (χ0n) is 20.5. The maximum absolute atomic E-state index is 13.9. The number of ether oxygens (including phenoxy) is 2. The van der Waals surface area contributed by atoms with E-state index >= 15 is 0 Å². The number of imidazole rings is 1. The van der Waals surface area contributed by atoms with Gasteiger partial charge in [0.2, 0.25) is 0 Å². The van der Waals surface area contributed by atoms with Gasteiger partial charge in [-0.05, 0) is 62.1 Å². The van der Waals surface area contributed by atoms with Crippen LogP contribution in [0.25, 0.3) is 0 Å². The van der Waals surface area contributed by atoms with E-state index in [9.17, 15) is 9.50 Å². The van der Waals surface area contributed by atoms with Crippen LogP contribution in [-0.2, 0) is 19.5 Å². The average molecular weight is 482 g/mol. The zero-order chi connectivity index (χ0) is 24.5. The molecule has 4 rings (SSSR count). The summed E-state index contributed by atoms with van der Waals surface area (Å²) in [4.78, 5) is 6.71. The number of aromatic nitrogens is 2. The molecule has 0 radical (unpaired) electrons. The highest BCUT2D eigenvalue weighted by atomic mass is 19.1. The SMILES string of the molecule is CCc1nccn1CCCOc1cccc(CN2CCC[C@@](O)(COc3ccccc3F)CC2)c1. The van der Waals surface area contributed by atoms with Gasteiger partial charge in [0.15, 0.2) is 11.6 Å². The van der Waals surface area contributed by atoms with Crippen molar-refractivity contribution in [2.45, 2.75) is 57.7 Å². The quantitative estimate of drug-likeness (QED) is 0.397. The van der Waals surface area contributed by atoms with E-state index in [1.165, 1.54) is 11.6 Å². The Morgan fingerprint density at radius 2 is 1.97 bits per heavy atom. The van der Waals surface area contributed by atoms with Crippen LogP contribution in [0.15, 0.2) is 60.9 Å². The number of hydrogen-bond acceptors (Lipinski definition) is 5. The van der Waals surface area contributed by atoms with Gasteiger partial charge in [0.1, 0.15) is 18.2 Å². The maximum Gasteiger partial charge on any atom is 0.165 e. The van der Waals surface area contributed by atoms with E-state index in [1.807, 2.05) is 24.5 Å². The van der Waals surface area contributed by atoms with E-state index in [0.29, 0.717) is 19.4 Å². The molecule has 1 atom stereocenters. The smallest absolute Gasteiger partial charge is 0.165 e. The van der Waals surface area contributed by atoms with Gasteiger partial charge in [0.05, 0.1) is 12.2 Å². The minimum absolute atomic E-state index is 0.101. The van der Waals surface area contributed by atoms with Crippen molar-refractivity contribution in [2.24, 2.45) is 0 Å². The fourth-order valence-electron chi connectivity index (χ4n) is 4.59. The summed E-state index contributed by atoms with van der Waals surface area (Å²) in [6, 6.07) is 14.6. The molecule has 1 fully saturated rings. The first kappa shape index (κ1) is 25.2. The summed E-state index contributed by atoms with van der Waals surface area (Å²) in [5, 5.41) is 11.1. The highest BCUT2D eigenvalue weighted by molar-refractivity contribution is 5.28. The molecule has 2 aromatic carbocycles. The van der Waals surface area contributed by atoms with Crippen LogP contribution < -0.4 is 9.47 Å². The molecule has 0 bridgehead atoms. The van der Waals surface area contributed by atoms with Crippen molar-refractivity contribution in [1.82, 2.24) is 14.5 Å². The first-order valence-electron chi connectivity index (χ1n) is 12.6. The number of likely N-dealkylation sites (tertiary alicyclic amines) is 1. The number of aliphatic hydroxyl groups is 1. The Bertz CT molecular complexity index is 1070. The number of halogens is 1. The van der Waals surface area contributed by atoms with Crippen molar-refractivity contribution in [3.63, 3.8) is 0 Å². The van der Waals surface area contributed by atoms with E-state index in [-0.39, 0.29) is 12.4 Å². The largest absolute Gasteiger partial charge is 0.494 e. The van der Waals surface area contributed by atoms with Crippen molar-refractivity contribution < 1.29 is 19.0 Å². The molecule has 6 nitrogen and oxygen atoms in total. The molecule has 0 unspecified atom stereocenters. The molecule has 188 valence electrons. The second kappa shape index (κ2) is 12.2. The molecule has 7 heteroatoms. The summed E-state index contributed by atoms with van der Waals surface area (Å²) in [6.45, 7) is 6.24. The maximum atomic E-state index is 13.9. The lowest BCUT2D eigenvalue weighted by molar-refractivity contribution is -0.0177. The third kappa shape index (κ3) is 7.29. The number of aryl methyl sites for hydroxylation is 2. The first-order valence-corrected chi connectivity index (χ1v) is 12.6. The molecule has 35 heavy (non-hydrogen) atoms. The van der Waals surface area contributed by atoms with Crippen LogP contribution in [0, 0.1) is 5.82 Å². The van der Waals surface area contributed by atoms with Crippen LogP contribution in [0.2, 0.25) is 0 Å². The van der Waals surface area contributed by atoms with Gasteiger partial charge in [-0.1, -0.05) is 31.2 Å². The van der Waals surface area contributed by atoms with Crippen LogP contribution >= 0.6 is 0 Å². The lowest BCUT2D eigenvalue weighted by Crippen LogP contribution is -2.37. The third-order valence-electron chi connectivity index (χ3n) is 6.58. The lowest BCUT2D eigenvalue weighted by atomic mass is 9.96. The first-order chi connectivity index (χ1) is 17.0. The van der Waals surface area contributed by atoms with Gasteiger partial charge in [-0.2, -0.15) is 0 Å². The lowest BCUT2D eigenvalue weighted by Gasteiger charge is -2.27. The van der Waals surface area contributed by atoms with Gasteiger partial charge in [0.25, 0.3) is 0 Å². The van der Waals surface area contributed by atoms with Crippen molar-refractivity contribution >= 4 is 0 Å². The van der Waals surface area contributed by atoms with E-state index in [4.69, 9.17) is 9.47 Å². The molecular weight excluding hydrogens is 445 g/mol. The molecule has 1 aliphatic rings. The Kier molecular flexibility index (Phi) is 8.77. The number of rotatable bonds is 11. The second-order valence-corrected chi connectivity index (χ2v) is 9.31. The molecule has 2 heterocycles. The Morgan fingerprint density at radius 1 is 1.09 bits per heavy atom. The number of hydrogen-bond donors (Lipinski definition) is 1. The van der Waals surface area contributed by atoms with E-state index in [2.05, 4.69) is 33.5 Å². The molecular formula is C28H36FN3O3. The van der Waals surface area contributed by atoms with Gasteiger partial charge < -0.3 is 19.1 Å². The van der Waals surface area contributed by atoms with Gasteiger partial charge in [-0.25, -0.2) is 9.37 Å². The molecule has 1 aliphatic heterocycles. The molecule has 0 spiro atoms. The highest BCUT2D eigenvalue weighted by Gasteiger charge is 2.31.